The summed E-state index contributed by atoms with van der Waals surface area (Å²) in [7, 11) is 1.50. The largest absolute Gasteiger partial charge is 0.543 e. The number of rotatable bonds is 10. The summed E-state index contributed by atoms with van der Waals surface area (Å²) in [5.74, 6) is -2.35. The highest BCUT2D eigenvalue weighted by Crippen LogP contribution is 2.41. The van der Waals surface area contributed by atoms with Crippen LogP contribution in [0.4, 0.5) is 5.13 Å². The monoisotopic (exact) mass is 571 g/mol. The van der Waals surface area contributed by atoms with E-state index >= 15 is 0 Å². The number of carboxylic acids is 1. The summed E-state index contributed by atoms with van der Waals surface area (Å²) < 4.78 is 6.82. The zero-order valence-corrected chi connectivity index (χ0v) is 22.6. The summed E-state index contributed by atoms with van der Waals surface area (Å²) in [6.45, 7) is 2.31. The molecule has 4 N–H and O–H groups in total. The number of nitrogens with zero attached hydrogens (tertiary/aromatic N) is 4. The maximum Gasteiger partial charge on any atom is 0.276 e. The highest BCUT2D eigenvalue weighted by atomic mass is 32.2. The van der Waals surface area contributed by atoms with Gasteiger partial charge in [-0.3, -0.25) is 14.5 Å². The number of anilines is 1. The van der Waals surface area contributed by atoms with Crippen LogP contribution in [0.25, 0.3) is 5.52 Å². The minimum Gasteiger partial charge on any atom is -0.543 e. The van der Waals surface area contributed by atoms with E-state index in [-0.39, 0.29) is 35.4 Å². The molecule has 1 saturated heterocycles. The van der Waals surface area contributed by atoms with Gasteiger partial charge in [0.1, 0.15) is 23.7 Å². The molecule has 0 saturated carbocycles. The number of hydrogen-bond acceptors (Lipinski definition) is 11. The number of thiazole rings is 1. The average Bonchev–Trinajstić information content (AvgIpc) is 3.53. The molecule has 5 heterocycles. The summed E-state index contributed by atoms with van der Waals surface area (Å²) in [5.41, 5.74) is 8.94. The third-order valence-corrected chi connectivity index (χ3v) is 8.34. The van der Waals surface area contributed by atoms with Gasteiger partial charge < -0.3 is 30.5 Å². The second-order valence-corrected chi connectivity index (χ2v) is 10.8. The number of aryl methyl sites for hydroxylation is 1. The number of ether oxygens (including phenoxy) is 1. The number of oxime groups is 1. The maximum atomic E-state index is 13.2. The van der Waals surface area contributed by atoms with E-state index in [0.29, 0.717) is 17.7 Å². The number of carbonyl (C=O) groups excluding carboxylic acids is 3. The molecule has 0 bridgehead atoms. The van der Waals surface area contributed by atoms with Gasteiger partial charge in [0.25, 0.3) is 11.8 Å². The first kappa shape index (κ1) is 26.6. The maximum absolute atomic E-state index is 13.2. The molecule has 0 aliphatic carbocycles. The molecule has 1 fully saturated rings. The number of aliphatic carboxylic acids is 1. The third-order valence-electron chi connectivity index (χ3n) is 6.33. The summed E-state index contributed by atoms with van der Waals surface area (Å²) in [5, 5.41) is 23.1. The van der Waals surface area contributed by atoms with E-state index in [1.807, 2.05) is 35.8 Å². The summed E-state index contributed by atoms with van der Waals surface area (Å²) >= 11 is 2.49. The third kappa shape index (κ3) is 5.07. The number of carboxylic acid groups (broad SMARTS) is 1. The lowest BCUT2D eigenvalue weighted by Crippen LogP contribution is -2.71. The van der Waals surface area contributed by atoms with Crippen molar-refractivity contribution < 1.29 is 33.6 Å². The first-order valence-corrected chi connectivity index (χ1v) is 13.8. The number of methoxy groups -OCH3 is 1. The number of aromatic nitrogens is 3. The number of nitrogens with two attached hydrogens (primary N) is 1. The van der Waals surface area contributed by atoms with Crippen LogP contribution in [0, 0.1) is 6.92 Å². The summed E-state index contributed by atoms with van der Waals surface area (Å²) in [4.78, 5) is 48.9. The smallest absolute Gasteiger partial charge is 0.276 e. The molecule has 0 unspecified atom stereocenters. The Morgan fingerprint density at radius 3 is 2.92 bits per heavy atom. The molecule has 0 aromatic carbocycles. The van der Waals surface area contributed by atoms with Gasteiger partial charge in [-0.1, -0.05) is 9.67 Å². The Balaban J connectivity index is 1.35. The van der Waals surface area contributed by atoms with Crippen molar-refractivity contribution in [2.75, 3.05) is 31.8 Å². The molecular weight excluding hydrogens is 546 g/mol. The number of fused-ring (bicyclic) bond motifs is 2. The minimum absolute atomic E-state index is 0.0958. The van der Waals surface area contributed by atoms with Gasteiger partial charge in [-0.25, -0.2) is 4.98 Å². The molecule has 15 heteroatoms. The highest BCUT2D eigenvalue weighted by molar-refractivity contribution is 8.00. The topological polar surface area (TPSA) is 179 Å². The van der Waals surface area contributed by atoms with E-state index in [0.717, 1.165) is 28.1 Å². The zero-order chi connectivity index (χ0) is 27.7. The van der Waals surface area contributed by atoms with Crippen LogP contribution in [0.5, 0.6) is 0 Å². The second-order valence-electron chi connectivity index (χ2n) is 8.80. The van der Waals surface area contributed by atoms with Gasteiger partial charge >= 0.3 is 0 Å². The predicted molar refractivity (Wildman–Crippen MR) is 140 cm³/mol. The van der Waals surface area contributed by atoms with Gasteiger partial charge in [0.15, 0.2) is 10.8 Å². The fourth-order valence-electron chi connectivity index (χ4n) is 4.48. The first-order valence-electron chi connectivity index (χ1n) is 11.9. The van der Waals surface area contributed by atoms with Gasteiger partial charge in [-0.2, -0.15) is 5.10 Å². The van der Waals surface area contributed by atoms with Gasteiger partial charge in [0, 0.05) is 43.7 Å². The average molecular weight is 572 g/mol. The van der Waals surface area contributed by atoms with Crippen molar-refractivity contribution in [2.24, 2.45) is 5.16 Å². The number of nitrogen functional groups attached to an aromatic ring is 1. The lowest BCUT2D eigenvalue weighted by Gasteiger charge is -2.50. The van der Waals surface area contributed by atoms with Gasteiger partial charge in [-0.15, -0.1) is 23.1 Å². The lowest BCUT2D eigenvalue weighted by molar-refractivity contribution is -0.583. The van der Waals surface area contributed by atoms with Crippen molar-refractivity contribution in [3.63, 3.8) is 0 Å². The Morgan fingerprint density at radius 2 is 2.21 bits per heavy atom. The number of amides is 2. The van der Waals surface area contributed by atoms with Crippen LogP contribution in [-0.4, -0.2) is 76.0 Å². The van der Waals surface area contributed by atoms with Crippen molar-refractivity contribution in [1.82, 2.24) is 20.3 Å². The number of pyridine rings is 1. The molecule has 204 valence electrons. The van der Waals surface area contributed by atoms with E-state index in [9.17, 15) is 19.5 Å². The normalized spacial score (nSPS) is 19.2. The molecule has 2 aliphatic rings. The molecule has 0 radical (unpaired) electrons. The number of hydrogen-bond donors (Lipinski definition) is 3. The number of nitrogens with one attached hydrogen (secondary N) is 2. The highest BCUT2D eigenvalue weighted by Gasteiger charge is 2.53. The van der Waals surface area contributed by atoms with E-state index in [1.165, 1.54) is 23.8 Å². The van der Waals surface area contributed by atoms with Crippen molar-refractivity contribution >= 4 is 57.2 Å². The van der Waals surface area contributed by atoms with Gasteiger partial charge in [0.05, 0.1) is 30.0 Å². The Morgan fingerprint density at radius 1 is 1.38 bits per heavy atom. The lowest BCUT2D eigenvalue weighted by atomic mass is 9.99. The number of H-pyrrole nitrogens is 1. The van der Waals surface area contributed by atoms with Crippen molar-refractivity contribution in [3.05, 3.63) is 58.0 Å². The Labute approximate surface area is 230 Å². The van der Waals surface area contributed by atoms with Crippen LogP contribution in [-0.2, 0) is 30.4 Å². The molecule has 39 heavy (non-hydrogen) atoms. The van der Waals surface area contributed by atoms with Crippen molar-refractivity contribution in [2.45, 2.75) is 24.8 Å². The van der Waals surface area contributed by atoms with E-state index in [1.54, 1.807) is 5.38 Å². The van der Waals surface area contributed by atoms with Crippen LogP contribution in [0.15, 0.2) is 46.2 Å². The Bertz CT molecular complexity index is 1510. The van der Waals surface area contributed by atoms with Crippen molar-refractivity contribution in [3.8, 4) is 0 Å². The summed E-state index contributed by atoms with van der Waals surface area (Å²) in [6, 6.07) is 4.85. The molecule has 5 rings (SSSR count). The molecule has 0 spiro atoms. The molecule has 2 amide bonds. The Kier molecular flexibility index (Phi) is 7.54. The van der Waals surface area contributed by atoms with Crippen LogP contribution in [0.3, 0.4) is 0 Å². The number of aromatic amines is 1. The SMILES string of the molecule is COCCO/N=C(\C(=O)N[C@@H]1C(=O)N2C(C(=O)[O-])=C(Cc3c[nH][n+]4c(C)cccc34)CS[C@@H]12)c1csc(N)n1. The molecule has 2 aliphatic heterocycles. The second kappa shape index (κ2) is 11.0. The van der Waals surface area contributed by atoms with Crippen molar-refractivity contribution in [1.29, 1.82) is 0 Å². The number of β-lactam (4-membered cyclic amide) rings is 1. The number of thioether (sulfide) groups is 1. The standard InChI is InChI=1S/C24H25N7O6S2/c1-12-4-3-5-16-13(9-26-31(12)16)8-14-10-38-22-18(21(33)30(22)19(14)23(34)35)28-20(32)17(29-37-7-6-36-2)15-11-39-24(25)27-15/h3-5,9,11,18,22H,6-8,10H2,1-2H3,(H4,25,27,28,32,34,35)/b29-17-/t18-,22+/m1/s1. The van der Waals surface area contributed by atoms with Crippen LogP contribution < -0.4 is 20.7 Å². The first-order chi connectivity index (χ1) is 18.8. The minimum atomic E-state index is -1.44. The van der Waals surface area contributed by atoms with Crippen LogP contribution >= 0.6 is 23.1 Å². The molecule has 2 atom stereocenters. The molecule has 3 aromatic rings. The predicted octanol–water partition coefficient (Wildman–Crippen LogP) is -0.886. The van der Waals surface area contributed by atoms with Crippen LogP contribution in [0.1, 0.15) is 17.0 Å². The van der Waals surface area contributed by atoms with Gasteiger partial charge in [-0.05, 0) is 11.6 Å². The van der Waals surface area contributed by atoms with Gasteiger partial charge in [0.2, 0.25) is 11.2 Å². The fraction of sp³-hybridized carbons (Fsp3) is 0.333. The Hall–Kier alpha value is -3.95. The molecular formula is C24H25N7O6S2. The van der Waals surface area contributed by atoms with E-state index < -0.39 is 29.2 Å². The van der Waals surface area contributed by atoms with E-state index in [2.05, 4.69) is 20.6 Å². The zero-order valence-electron chi connectivity index (χ0n) is 21.0. The van der Waals surface area contributed by atoms with E-state index in [4.69, 9.17) is 15.3 Å². The fourth-order valence-corrected chi connectivity index (χ4v) is 6.37. The molecule has 13 nitrogen and oxygen atoms in total. The van der Waals surface area contributed by atoms with Crippen LogP contribution in [0.2, 0.25) is 0 Å². The summed E-state index contributed by atoms with van der Waals surface area (Å²) in [6.07, 6.45) is 2.14. The number of carbonyl (C=O) groups is 3. The quantitative estimate of drug-likeness (QED) is 0.0915. The molecule has 3 aromatic heterocycles.